The van der Waals surface area contributed by atoms with E-state index < -0.39 is 0 Å². The van der Waals surface area contributed by atoms with Gasteiger partial charge in [0, 0.05) is 9.38 Å². The number of hydrogen-bond donors (Lipinski definition) is 0. The molecule has 0 unspecified atom stereocenters. The summed E-state index contributed by atoms with van der Waals surface area (Å²) in [7, 11) is 0. The molecule has 0 radical (unpaired) electrons. The van der Waals surface area contributed by atoms with E-state index in [4.69, 9.17) is 10.3 Å². The van der Waals surface area contributed by atoms with E-state index in [1.807, 2.05) is 13.0 Å². The predicted octanol–water partition coefficient (Wildman–Crippen LogP) is 3.79. The minimum Gasteiger partial charge on any atom is -0.493 e. The van der Waals surface area contributed by atoms with Crippen molar-refractivity contribution in [3.05, 3.63) is 33.1 Å². The lowest BCUT2D eigenvalue weighted by Gasteiger charge is -2.05. The van der Waals surface area contributed by atoms with Gasteiger partial charge < -0.3 is 4.74 Å². The average Bonchev–Trinajstić information content (AvgIpc) is 2.10. The van der Waals surface area contributed by atoms with Crippen LogP contribution >= 0.6 is 15.9 Å². The van der Waals surface area contributed by atoms with E-state index in [0.29, 0.717) is 18.0 Å². The van der Waals surface area contributed by atoms with Crippen molar-refractivity contribution in [3.8, 4) is 5.75 Å². The van der Waals surface area contributed by atoms with Crippen molar-refractivity contribution in [1.82, 2.24) is 0 Å². The summed E-state index contributed by atoms with van der Waals surface area (Å²) in [6, 6.07) is 5.31. The molecule has 0 atom stereocenters. The molecule has 0 heterocycles. The summed E-state index contributed by atoms with van der Waals surface area (Å²) in [5, 5.41) is 3.51. The molecule has 0 aromatic heterocycles. The zero-order valence-electron chi connectivity index (χ0n) is 7.07. The number of nitrogens with zero attached hydrogens (tertiary/aromatic N) is 3. The fourth-order valence-electron chi connectivity index (χ4n) is 0.894. The summed E-state index contributed by atoms with van der Waals surface area (Å²) < 4.78 is 6.12. The Morgan fingerprint density at radius 1 is 1.62 bits per heavy atom. The summed E-state index contributed by atoms with van der Waals surface area (Å²) in [5.41, 5.74) is 8.79. The Balaban J connectivity index is 3.10. The van der Waals surface area contributed by atoms with Gasteiger partial charge in [0.15, 0.2) is 0 Å². The zero-order chi connectivity index (χ0) is 9.68. The minimum atomic E-state index is 0.499. The first-order valence-corrected chi connectivity index (χ1v) is 4.54. The summed E-state index contributed by atoms with van der Waals surface area (Å²) in [4.78, 5) is 2.71. The third kappa shape index (κ3) is 2.65. The number of halogens is 1. The van der Waals surface area contributed by atoms with Crippen molar-refractivity contribution in [1.29, 1.82) is 0 Å². The molecule has 4 nitrogen and oxygen atoms in total. The first-order valence-electron chi connectivity index (χ1n) is 3.75. The van der Waals surface area contributed by atoms with Crippen molar-refractivity contribution in [2.45, 2.75) is 6.92 Å². The number of rotatable bonds is 3. The second-order valence-corrected chi connectivity index (χ2v) is 3.15. The summed E-state index contributed by atoms with van der Waals surface area (Å²) in [5.74, 6) is 0.600. The molecule has 5 heteroatoms. The quantitative estimate of drug-likeness (QED) is 0.451. The third-order valence-corrected chi connectivity index (χ3v) is 1.87. The molecule has 0 amide bonds. The molecule has 68 valence electrons. The second kappa shape index (κ2) is 4.74. The standard InChI is InChI=1S/C8H8BrN3O/c1-2-13-8-4-3-6(9)5-7(8)11-12-10/h3-5H,2H2,1H3. The van der Waals surface area contributed by atoms with E-state index in [1.54, 1.807) is 12.1 Å². The molecule has 0 bridgehead atoms. The maximum Gasteiger partial charge on any atom is 0.128 e. The van der Waals surface area contributed by atoms with Crippen LogP contribution in [0, 0.1) is 0 Å². The van der Waals surface area contributed by atoms with E-state index in [1.165, 1.54) is 0 Å². The van der Waals surface area contributed by atoms with Crippen LogP contribution in [0.1, 0.15) is 6.92 Å². The number of hydrogen-bond acceptors (Lipinski definition) is 2. The van der Waals surface area contributed by atoms with Crippen LogP contribution in [-0.4, -0.2) is 6.61 Å². The fourth-order valence-corrected chi connectivity index (χ4v) is 1.24. The molecule has 1 rings (SSSR count). The van der Waals surface area contributed by atoms with Crippen LogP contribution in [-0.2, 0) is 0 Å². The first-order chi connectivity index (χ1) is 6.27. The molecule has 0 aliphatic carbocycles. The van der Waals surface area contributed by atoms with Crippen LogP contribution in [0.25, 0.3) is 10.4 Å². The molecule has 0 aliphatic rings. The van der Waals surface area contributed by atoms with E-state index in [9.17, 15) is 0 Å². The smallest absolute Gasteiger partial charge is 0.128 e. The molecule has 1 aromatic carbocycles. The van der Waals surface area contributed by atoms with Crippen LogP contribution in [0.5, 0.6) is 5.75 Å². The highest BCUT2D eigenvalue weighted by Crippen LogP contribution is 2.30. The van der Waals surface area contributed by atoms with Crippen molar-refractivity contribution in [3.63, 3.8) is 0 Å². The molecule has 13 heavy (non-hydrogen) atoms. The van der Waals surface area contributed by atoms with Gasteiger partial charge in [-0.1, -0.05) is 21.0 Å². The van der Waals surface area contributed by atoms with Crippen molar-refractivity contribution < 1.29 is 4.74 Å². The Hall–Kier alpha value is -1.19. The maximum atomic E-state index is 8.29. The Kier molecular flexibility index (Phi) is 3.61. The van der Waals surface area contributed by atoms with Crippen molar-refractivity contribution in [2.75, 3.05) is 6.61 Å². The minimum absolute atomic E-state index is 0.499. The normalized spacial score (nSPS) is 9.08. The predicted molar refractivity (Wildman–Crippen MR) is 54.1 cm³/mol. The van der Waals surface area contributed by atoms with Gasteiger partial charge in [0.2, 0.25) is 0 Å². The average molecular weight is 242 g/mol. The van der Waals surface area contributed by atoms with Crippen LogP contribution in [0.3, 0.4) is 0 Å². The van der Waals surface area contributed by atoms with E-state index in [2.05, 4.69) is 26.0 Å². The van der Waals surface area contributed by atoms with Gasteiger partial charge in [0.25, 0.3) is 0 Å². The summed E-state index contributed by atoms with van der Waals surface area (Å²) in [6.07, 6.45) is 0. The SMILES string of the molecule is CCOc1ccc(Br)cc1N=[N+]=[N-]. The van der Waals surface area contributed by atoms with Gasteiger partial charge in [0.05, 0.1) is 12.3 Å². The van der Waals surface area contributed by atoms with E-state index in [-0.39, 0.29) is 0 Å². The van der Waals surface area contributed by atoms with E-state index in [0.717, 1.165) is 4.47 Å². The monoisotopic (exact) mass is 241 g/mol. The molecule has 1 aromatic rings. The van der Waals surface area contributed by atoms with E-state index >= 15 is 0 Å². The lowest BCUT2D eigenvalue weighted by atomic mass is 10.3. The van der Waals surface area contributed by atoms with Crippen molar-refractivity contribution >= 4 is 21.6 Å². The van der Waals surface area contributed by atoms with Gasteiger partial charge >= 0.3 is 0 Å². The first kappa shape index (κ1) is 9.89. The summed E-state index contributed by atoms with van der Waals surface area (Å²) >= 11 is 3.28. The van der Waals surface area contributed by atoms with Gasteiger partial charge in [-0.3, -0.25) is 0 Å². The van der Waals surface area contributed by atoms with Crippen LogP contribution in [0.4, 0.5) is 5.69 Å². The van der Waals surface area contributed by atoms with Crippen molar-refractivity contribution in [2.24, 2.45) is 5.11 Å². The molecule has 0 saturated heterocycles. The fraction of sp³-hybridized carbons (Fsp3) is 0.250. The van der Waals surface area contributed by atoms with Gasteiger partial charge in [0.1, 0.15) is 5.75 Å². The maximum absolute atomic E-state index is 8.29. The Bertz CT molecular complexity index is 347. The second-order valence-electron chi connectivity index (χ2n) is 2.23. The van der Waals surface area contributed by atoms with Crippen LogP contribution < -0.4 is 4.74 Å². The molecular weight excluding hydrogens is 234 g/mol. The molecular formula is C8H8BrN3O. The summed E-state index contributed by atoms with van der Waals surface area (Å²) in [6.45, 7) is 2.43. The van der Waals surface area contributed by atoms with Gasteiger partial charge in [-0.25, -0.2) is 0 Å². The number of benzene rings is 1. The Morgan fingerprint density at radius 3 is 3.00 bits per heavy atom. The van der Waals surface area contributed by atoms with Gasteiger partial charge in [-0.2, -0.15) is 0 Å². The lowest BCUT2D eigenvalue weighted by molar-refractivity contribution is 0.341. The molecule has 0 spiro atoms. The third-order valence-electron chi connectivity index (χ3n) is 1.37. The zero-order valence-corrected chi connectivity index (χ0v) is 8.65. The Morgan fingerprint density at radius 2 is 2.38 bits per heavy atom. The highest BCUT2D eigenvalue weighted by molar-refractivity contribution is 9.10. The largest absolute Gasteiger partial charge is 0.493 e. The molecule has 0 saturated carbocycles. The van der Waals surface area contributed by atoms with Crippen LogP contribution in [0.2, 0.25) is 0 Å². The molecule has 0 N–H and O–H groups in total. The Labute approximate surface area is 84.3 Å². The lowest BCUT2D eigenvalue weighted by Crippen LogP contribution is -1.90. The molecule has 0 aliphatic heterocycles. The van der Waals surface area contributed by atoms with Gasteiger partial charge in [-0.15, -0.1) is 0 Å². The highest BCUT2D eigenvalue weighted by atomic mass is 79.9. The van der Waals surface area contributed by atoms with Gasteiger partial charge in [-0.05, 0) is 30.7 Å². The molecule has 0 fully saturated rings. The van der Waals surface area contributed by atoms with Crippen LogP contribution in [0.15, 0.2) is 27.8 Å². The number of ether oxygens (including phenoxy) is 1. The highest BCUT2D eigenvalue weighted by Gasteiger charge is 2.00. The number of azide groups is 1. The topological polar surface area (TPSA) is 58.0 Å².